The Balaban J connectivity index is 2.41. The van der Waals surface area contributed by atoms with E-state index in [0.717, 1.165) is 12.1 Å². The standard InChI is InChI=1S/C16H10I2N2O6/c1-8(15(21)11-6-9(19(23)24)2-4-13(11)17)16(22)12-7-10(20(25)26)3-5-14(12)18/h2-8H,1H3. The van der Waals surface area contributed by atoms with Crippen molar-refractivity contribution in [2.45, 2.75) is 6.92 Å². The minimum absolute atomic E-state index is 0.0705. The molecule has 0 radical (unpaired) electrons. The van der Waals surface area contributed by atoms with Crippen molar-refractivity contribution < 1.29 is 19.4 Å². The lowest BCUT2D eigenvalue weighted by atomic mass is 9.91. The highest BCUT2D eigenvalue weighted by molar-refractivity contribution is 14.1. The smallest absolute Gasteiger partial charge is 0.270 e. The van der Waals surface area contributed by atoms with Gasteiger partial charge in [-0.2, -0.15) is 0 Å². The van der Waals surface area contributed by atoms with Gasteiger partial charge in [0.25, 0.3) is 11.4 Å². The quantitative estimate of drug-likeness (QED) is 0.164. The van der Waals surface area contributed by atoms with Crippen molar-refractivity contribution in [3.63, 3.8) is 0 Å². The Morgan fingerprint density at radius 3 is 1.50 bits per heavy atom. The number of carbonyl (C=O) groups is 2. The fourth-order valence-corrected chi connectivity index (χ4v) is 3.42. The second-order valence-electron chi connectivity index (χ2n) is 5.29. The first-order valence-corrected chi connectivity index (χ1v) is 9.25. The monoisotopic (exact) mass is 580 g/mol. The molecule has 2 aromatic rings. The van der Waals surface area contributed by atoms with Gasteiger partial charge in [-0.05, 0) is 64.2 Å². The largest absolute Gasteiger partial charge is 0.293 e. The van der Waals surface area contributed by atoms with Crippen LogP contribution < -0.4 is 0 Å². The zero-order valence-corrected chi connectivity index (χ0v) is 17.5. The summed E-state index contributed by atoms with van der Waals surface area (Å²) in [7, 11) is 0. The number of rotatable bonds is 6. The van der Waals surface area contributed by atoms with Crippen LogP contribution in [0.15, 0.2) is 36.4 Å². The van der Waals surface area contributed by atoms with Crippen molar-refractivity contribution in [1.29, 1.82) is 0 Å². The van der Waals surface area contributed by atoms with E-state index in [4.69, 9.17) is 0 Å². The lowest BCUT2D eigenvalue weighted by molar-refractivity contribution is -0.385. The van der Waals surface area contributed by atoms with Crippen molar-refractivity contribution in [3.8, 4) is 0 Å². The van der Waals surface area contributed by atoms with E-state index in [0.29, 0.717) is 7.14 Å². The molecule has 0 aliphatic carbocycles. The average Bonchev–Trinajstić information content (AvgIpc) is 2.60. The van der Waals surface area contributed by atoms with Gasteiger partial charge in [-0.3, -0.25) is 29.8 Å². The molecule has 2 aromatic carbocycles. The molecule has 8 nitrogen and oxygen atoms in total. The fourth-order valence-electron chi connectivity index (χ4n) is 2.22. The Morgan fingerprint density at radius 1 is 0.846 bits per heavy atom. The highest BCUT2D eigenvalue weighted by atomic mass is 127. The molecule has 0 atom stereocenters. The van der Waals surface area contributed by atoms with Crippen molar-refractivity contribution in [3.05, 3.63) is 74.9 Å². The summed E-state index contributed by atoms with van der Waals surface area (Å²) in [5.74, 6) is -2.29. The predicted octanol–water partition coefficient (Wildman–Crippen LogP) is 4.41. The maximum atomic E-state index is 12.7. The molecule has 0 aliphatic heterocycles. The average molecular weight is 580 g/mol. The summed E-state index contributed by atoms with van der Waals surface area (Å²) in [5, 5.41) is 21.8. The number of nitro groups is 2. The highest BCUT2D eigenvalue weighted by Gasteiger charge is 2.29. The first-order chi connectivity index (χ1) is 12.1. The maximum absolute atomic E-state index is 12.7. The van der Waals surface area contributed by atoms with Gasteiger partial charge < -0.3 is 0 Å². The lowest BCUT2D eigenvalue weighted by Gasteiger charge is -2.12. The third-order valence-corrected chi connectivity index (χ3v) is 5.52. The van der Waals surface area contributed by atoms with Crippen LogP contribution in [-0.2, 0) is 0 Å². The van der Waals surface area contributed by atoms with E-state index in [1.54, 1.807) is 0 Å². The van der Waals surface area contributed by atoms with Gasteiger partial charge in [-0.15, -0.1) is 0 Å². The topological polar surface area (TPSA) is 120 Å². The Kier molecular flexibility index (Phi) is 6.39. The summed E-state index contributed by atoms with van der Waals surface area (Å²) in [6.45, 7) is 1.38. The summed E-state index contributed by atoms with van der Waals surface area (Å²) in [6, 6.07) is 7.67. The SMILES string of the molecule is CC(C(=O)c1cc([N+](=O)[O-])ccc1I)C(=O)c1cc([N+](=O)[O-])ccc1I. The first kappa shape index (κ1) is 20.4. The van der Waals surface area contributed by atoms with E-state index in [-0.39, 0.29) is 22.5 Å². The molecule has 0 fully saturated rings. The number of nitrogens with zero attached hydrogens (tertiary/aromatic N) is 2. The second kappa shape index (κ2) is 8.16. The number of halogens is 2. The zero-order valence-electron chi connectivity index (χ0n) is 13.1. The lowest BCUT2D eigenvalue weighted by Crippen LogP contribution is -2.23. The van der Waals surface area contributed by atoms with Gasteiger partial charge in [0.2, 0.25) is 0 Å². The van der Waals surface area contributed by atoms with E-state index in [1.807, 2.05) is 45.2 Å². The minimum atomic E-state index is -1.14. The van der Waals surface area contributed by atoms with Crippen LogP contribution in [0.4, 0.5) is 11.4 Å². The maximum Gasteiger partial charge on any atom is 0.270 e. The Hall–Kier alpha value is -1.96. The fraction of sp³-hybridized carbons (Fsp3) is 0.125. The van der Waals surface area contributed by atoms with Crippen LogP contribution >= 0.6 is 45.2 Å². The van der Waals surface area contributed by atoms with Crippen LogP contribution in [0, 0.1) is 33.3 Å². The number of benzene rings is 2. The summed E-state index contributed by atoms with van der Waals surface area (Å²) < 4.78 is 0.957. The summed E-state index contributed by atoms with van der Waals surface area (Å²) in [6.07, 6.45) is 0. The minimum Gasteiger partial charge on any atom is -0.293 e. The molecule has 2 rings (SSSR count). The van der Waals surface area contributed by atoms with Crippen molar-refractivity contribution in [1.82, 2.24) is 0 Å². The number of Topliss-reactive ketones (excluding diaryl/α,β-unsaturated/α-hetero) is 2. The number of hydrogen-bond acceptors (Lipinski definition) is 6. The van der Waals surface area contributed by atoms with Crippen LogP contribution in [0.3, 0.4) is 0 Å². The molecule has 0 spiro atoms. The molecule has 26 heavy (non-hydrogen) atoms. The molecule has 10 heteroatoms. The molecule has 0 heterocycles. The van der Waals surface area contributed by atoms with E-state index in [1.165, 1.54) is 31.2 Å². The normalized spacial score (nSPS) is 10.6. The van der Waals surface area contributed by atoms with E-state index < -0.39 is 27.3 Å². The third kappa shape index (κ3) is 4.23. The van der Waals surface area contributed by atoms with Gasteiger partial charge >= 0.3 is 0 Å². The number of carbonyl (C=O) groups excluding carboxylic acids is 2. The van der Waals surface area contributed by atoms with Crippen LogP contribution in [-0.4, -0.2) is 21.4 Å². The van der Waals surface area contributed by atoms with E-state index in [2.05, 4.69) is 0 Å². The first-order valence-electron chi connectivity index (χ1n) is 7.09. The summed E-state index contributed by atoms with van der Waals surface area (Å²) in [5.41, 5.74) is -0.362. The molecule has 134 valence electrons. The molecule has 0 amide bonds. The van der Waals surface area contributed by atoms with Crippen molar-refractivity contribution in [2.75, 3.05) is 0 Å². The molecule has 0 aliphatic rings. The van der Waals surface area contributed by atoms with Crippen LogP contribution in [0.25, 0.3) is 0 Å². The van der Waals surface area contributed by atoms with Gasteiger partial charge in [0.1, 0.15) is 0 Å². The molecule has 0 saturated heterocycles. The molecule has 0 N–H and O–H groups in total. The van der Waals surface area contributed by atoms with E-state index >= 15 is 0 Å². The molecule has 0 aromatic heterocycles. The highest BCUT2D eigenvalue weighted by Crippen LogP contribution is 2.26. The van der Waals surface area contributed by atoms with E-state index in [9.17, 15) is 29.8 Å². The van der Waals surface area contributed by atoms with Gasteiger partial charge in [0.15, 0.2) is 11.6 Å². The van der Waals surface area contributed by atoms with Gasteiger partial charge in [0.05, 0.1) is 15.8 Å². The Morgan fingerprint density at radius 2 is 1.19 bits per heavy atom. The van der Waals surface area contributed by atoms with Crippen molar-refractivity contribution >= 4 is 68.1 Å². The summed E-state index contributed by atoms with van der Waals surface area (Å²) >= 11 is 3.72. The summed E-state index contributed by atoms with van der Waals surface area (Å²) in [4.78, 5) is 46.0. The van der Waals surface area contributed by atoms with Crippen LogP contribution in [0.1, 0.15) is 27.6 Å². The number of nitro benzene ring substituents is 2. The third-order valence-electron chi connectivity index (χ3n) is 3.64. The molecule has 0 bridgehead atoms. The Labute approximate surface area is 174 Å². The van der Waals surface area contributed by atoms with Gasteiger partial charge in [-0.1, -0.05) is 0 Å². The predicted molar refractivity (Wildman–Crippen MR) is 109 cm³/mol. The van der Waals surface area contributed by atoms with Crippen LogP contribution in [0.2, 0.25) is 0 Å². The van der Waals surface area contributed by atoms with Crippen LogP contribution in [0.5, 0.6) is 0 Å². The molecular formula is C16H10I2N2O6. The van der Waals surface area contributed by atoms with Gasteiger partial charge in [0, 0.05) is 42.5 Å². The number of hydrogen-bond donors (Lipinski definition) is 0. The number of non-ortho nitro benzene ring substituents is 2. The van der Waals surface area contributed by atoms with Crippen molar-refractivity contribution in [2.24, 2.45) is 5.92 Å². The zero-order chi connectivity index (χ0) is 19.6. The second-order valence-corrected chi connectivity index (χ2v) is 7.62. The number of ketones is 2. The molecular weight excluding hydrogens is 570 g/mol. The Bertz CT molecular complexity index is 869. The molecule has 0 saturated carbocycles. The van der Waals surface area contributed by atoms with Gasteiger partial charge in [-0.25, -0.2) is 0 Å². The molecule has 0 unspecified atom stereocenters.